The molecule has 0 nitrogen and oxygen atoms in total. The van der Waals surface area contributed by atoms with Gasteiger partial charge in [-0.3, -0.25) is 0 Å². The molecule has 0 radical (unpaired) electrons. The minimum atomic E-state index is 0.136. The summed E-state index contributed by atoms with van der Waals surface area (Å²) in [7, 11) is 0. The van der Waals surface area contributed by atoms with Crippen molar-refractivity contribution < 1.29 is 0 Å². The summed E-state index contributed by atoms with van der Waals surface area (Å²) in [6.45, 7) is 9.20. The van der Waals surface area contributed by atoms with Crippen molar-refractivity contribution in [2.24, 2.45) is 0 Å². The monoisotopic (exact) mass is 300 g/mol. The Morgan fingerprint density at radius 3 is 2.30 bits per heavy atom. The summed E-state index contributed by atoms with van der Waals surface area (Å²) in [5.41, 5.74) is 11.6. The van der Waals surface area contributed by atoms with E-state index >= 15 is 0 Å². The molecule has 0 fully saturated rings. The maximum atomic E-state index is 2.46. The van der Waals surface area contributed by atoms with Crippen LogP contribution in [0.25, 0.3) is 16.7 Å². The normalized spacial score (nSPS) is 18.1. The van der Waals surface area contributed by atoms with Gasteiger partial charge in [-0.1, -0.05) is 56.3 Å². The van der Waals surface area contributed by atoms with E-state index in [2.05, 4.69) is 76.2 Å². The van der Waals surface area contributed by atoms with E-state index < -0.39 is 0 Å². The van der Waals surface area contributed by atoms with Gasteiger partial charge in [0.05, 0.1) is 0 Å². The molecule has 0 saturated carbocycles. The quantitative estimate of drug-likeness (QED) is 0.574. The number of hydrogen-bond donors (Lipinski definition) is 0. The molecule has 2 aliphatic rings. The Morgan fingerprint density at radius 1 is 0.783 bits per heavy atom. The molecule has 0 bridgehead atoms. The van der Waals surface area contributed by atoms with Crippen LogP contribution in [0.1, 0.15) is 48.9 Å². The Morgan fingerprint density at radius 2 is 1.52 bits per heavy atom. The predicted molar refractivity (Wildman–Crippen MR) is 99.7 cm³/mol. The molecular weight excluding hydrogens is 276 g/mol. The van der Waals surface area contributed by atoms with E-state index in [1.807, 2.05) is 0 Å². The molecule has 2 aromatic rings. The highest BCUT2D eigenvalue weighted by atomic mass is 14.4. The zero-order chi connectivity index (χ0) is 16.2. The van der Waals surface area contributed by atoms with Gasteiger partial charge in [-0.15, -0.1) is 0 Å². The van der Waals surface area contributed by atoms with Crippen LogP contribution >= 0.6 is 0 Å². The van der Waals surface area contributed by atoms with Crippen molar-refractivity contribution in [2.45, 2.75) is 46.0 Å². The van der Waals surface area contributed by atoms with Crippen LogP contribution in [0, 0.1) is 13.8 Å². The zero-order valence-corrected chi connectivity index (χ0v) is 14.5. The molecule has 2 aromatic carbocycles. The third kappa shape index (κ3) is 2.05. The first kappa shape index (κ1) is 14.5. The second-order valence-corrected chi connectivity index (χ2v) is 7.47. The largest absolute Gasteiger partial charge is 0.0795 e. The van der Waals surface area contributed by atoms with Crippen LogP contribution in [-0.2, 0) is 5.41 Å². The van der Waals surface area contributed by atoms with Crippen molar-refractivity contribution in [1.82, 2.24) is 0 Å². The smallest absolute Gasteiger partial charge is 0.0155 e. The van der Waals surface area contributed by atoms with Gasteiger partial charge in [-0.25, -0.2) is 0 Å². The Kier molecular flexibility index (Phi) is 3.13. The minimum absolute atomic E-state index is 0.136. The van der Waals surface area contributed by atoms with E-state index in [0.29, 0.717) is 0 Å². The van der Waals surface area contributed by atoms with E-state index in [0.717, 1.165) is 0 Å². The molecule has 4 rings (SSSR count). The molecule has 23 heavy (non-hydrogen) atoms. The maximum Gasteiger partial charge on any atom is 0.0155 e. The topological polar surface area (TPSA) is 0 Å². The van der Waals surface area contributed by atoms with Crippen molar-refractivity contribution in [2.75, 3.05) is 0 Å². The zero-order valence-electron chi connectivity index (χ0n) is 14.5. The molecule has 0 heteroatoms. The lowest BCUT2D eigenvalue weighted by Gasteiger charge is -2.24. The van der Waals surface area contributed by atoms with Crippen molar-refractivity contribution >= 4 is 5.57 Å². The summed E-state index contributed by atoms with van der Waals surface area (Å²) in [5.74, 6) is 0. The third-order valence-electron chi connectivity index (χ3n) is 5.59. The first-order chi connectivity index (χ1) is 11.0. The molecule has 0 aliphatic heterocycles. The number of allylic oxidation sites excluding steroid dienone is 4. The Balaban J connectivity index is 1.98. The van der Waals surface area contributed by atoms with E-state index in [1.54, 1.807) is 0 Å². The van der Waals surface area contributed by atoms with Crippen LogP contribution in [0.15, 0.2) is 54.1 Å². The summed E-state index contributed by atoms with van der Waals surface area (Å²) in [4.78, 5) is 0. The lowest BCUT2D eigenvalue weighted by Crippen LogP contribution is -2.16. The summed E-state index contributed by atoms with van der Waals surface area (Å²) in [6.07, 6.45) is 7.25. The van der Waals surface area contributed by atoms with Crippen molar-refractivity contribution in [3.63, 3.8) is 0 Å². The van der Waals surface area contributed by atoms with Crippen LogP contribution in [-0.4, -0.2) is 0 Å². The van der Waals surface area contributed by atoms with E-state index in [-0.39, 0.29) is 5.41 Å². The van der Waals surface area contributed by atoms with Gasteiger partial charge in [-0.2, -0.15) is 0 Å². The number of rotatable bonds is 1. The van der Waals surface area contributed by atoms with E-state index in [1.165, 1.54) is 57.4 Å². The van der Waals surface area contributed by atoms with Gasteiger partial charge in [0.15, 0.2) is 0 Å². The number of fused-ring (bicyclic) bond motifs is 3. The number of aryl methyl sites for hydroxylation is 2. The number of benzene rings is 2. The summed E-state index contributed by atoms with van der Waals surface area (Å²) < 4.78 is 0. The van der Waals surface area contributed by atoms with Crippen LogP contribution in [0.5, 0.6) is 0 Å². The van der Waals surface area contributed by atoms with Crippen LogP contribution < -0.4 is 0 Å². The van der Waals surface area contributed by atoms with E-state index in [9.17, 15) is 0 Å². The molecule has 0 unspecified atom stereocenters. The molecule has 0 heterocycles. The standard InChI is InChI=1S/C23H24/c1-15-9-5-6-10-17(15)19-14-20-18-11-7-8-12-21(18)23(3,4)22(20)13-16(19)2/h5-6,9-14H,7-8H2,1-4H3. The van der Waals surface area contributed by atoms with Gasteiger partial charge < -0.3 is 0 Å². The van der Waals surface area contributed by atoms with Crippen LogP contribution in [0.4, 0.5) is 0 Å². The fourth-order valence-corrected chi connectivity index (χ4v) is 4.28. The van der Waals surface area contributed by atoms with Crippen LogP contribution in [0.2, 0.25) is 0 Å². The van der Waals surface area contributed by atoms with Gasteiger partial charge in [0.25, 0.3) is 0 Å². The number of hydrogen-bond acceptors (Lipinski definition) is 0. The second-order valence-electron chi connectivity index (χ2n) is 7.47. The van der Waals surface area contributed by atoms with Crippen molar-refractivity contribution in [3.05, 3.63) is 76.4 Å². The van der Waals surface area contributed by atoms with Crippen LogP contribution in [0.3, 0.4) is 0 Å². The Hall–Kier alpha value is -2.08. The van der Waals surface area contributed by atoms with Crippen molar-refractivity contribution in [3.8, 4) is 11.1 Å². The average Bonchev–Trinajstić information content (AvgIpc) is 2.76. The fourth-order valence-electron chi connectivity index (χ4n) is 4.28. The lowest BCUT2D eigenvalue weighted by molar-refractivity contribution is 0.654. The molecular formula is C23H24. The lowest BCUT2D eigenvalue weighted by atomic mass is 9.80. The Labute approximate surface area is 139 Å². The minimum Gasteiger partial charge on any atom is -0.0795 e. The molecule has 2 aliphatic carbocycles. The molecule has 0 spiro atoms. The average molecular weight is 300 g/mol. The predicted octanol–water partition coefficient (Wildman–Crippen LogP) is 6.37. The Bertz CT molecular complexity index is 860. The molecule has 0 atom stereocenters. The summed E-state index contributed by atoms with van der Waals surface area (Å²) in [6, 6.07) is 13.6. The molecule has 0 saturated heterocycles. The summed E-state index contributed by atoms with van der Waals surface area (Å²) >= 11 is 0. The van der Waals surface area contributed by atoms with Gasteiger partial charge in [0, 0.05) is 5.41 Å². The van der Waals surface area contributed by atoms with Gasteiger partial charge in [0.2, 0.25) is 0 Å². The third-order valence-corrected chi connectivity index (χ3v) is 5.59. The van der Waals surface area contributed by atoms with E-state index in [4.69, 9.17) is 0 Å². The molecule has 116 valence electrons. The first-order valence-corrected chi connectivity index (χ1v) is 8.63. The first-order valence-electron chi connectivity index (χ1n) is 8.63. The summed E-state index contributed by atoms with van der Waals surface area (Å²) in [5, 5.41) is 0. The molecule has 0 aromatic heterocycles. The highest BCUT2D eigenvalue weighted by molar-refractivity contribution is 5.92. The second kappa shape index (κ2) is 4.96. The molecule has 0 N–H and O–H groups in total. The maximum absolute atomic E-state index is 2.46. The van der Waals surface area contributed by atoms with Gasteiger partial charge >= 0.3 is 0 Å². The van der Waals surface area contributed by atoms with Crippen molar-refractivity contribution in [1.29, 1.82) is 0 Å². The van der Waals surface area contributed by atoms with Gasteiger partial charge in [0.1, 0.15) is 0 Å². The SMILES string of the molecule is Cc1ccccc1-c1cc2c(cc1C)C(C)(C)C1=CCCC=C12. The fraction of sp³-hybridized carbons (Fsp3) is 0.304. The molecule has 0 amide bonds. The highest BCUT2D eigenvalue weighted by Gasteiger charge is 2.39. The highest BCUT2D eigenvalue weighted by Crippen LogP contribution is 2.52. The van der Waals surface area contributed by atoms with Gasteiger partial charge in [-0.05, 0) is 77.3 Å².